The molecule has 30 heavy (non-hydrogen) atoms. The molecule has 8 heteroatoms. The van der Waals surface area contributed by atoms with Gasteiger partial charge in [-0.25, -0.2) is 8.42 Å². The van der Waals surface area contributed by atoms with Gasteiger partial charge >= 0.3 is 0 Å². The SMILES string of the molecule is COc1ccc(Cl)cc1NC(=O)CN(Cc1ccccc1)S(=O)(=O)c1ccccc1. The standard InChI is InChI=1S/C22H21ClN2O4S/c1-29-21-13-12-18(23)14-20(21)24-22(26)16-25(15-17-8-4-2-5-9-17)30(27,28)19-10-6-3-7-11-19/h2-14H,15-16H2,1H3,(H,24,26). The molecule has 6 nitrogen and oxygen atoms in total. The monoisotopic (exact) mass is 444 g/mol. The molecule has 1 amide bonds. The van der Waals surface area contributed by atoms with Crippen molar-refractivity contribution in [1.29, 1.82) is 0 Å². The van der Waals surface area contributed by atoms with Gasteiger partial charge in [-0.15, -0.1) is 0 Å². The highest BCUT2D eigenvalue weighted by molar-refractivity contribution is 7.89. The predicted octanol–water partition coefficient (Wildman–Crippen LogP) is 4.18. The van der Waals surface area contributed by atoms with Crippen LogP contribution in [0.15, 0.2) is 83.8 Å². The van der Waals surface area contributed by atoms with Crippen LogP contribution in [0.4, 0.5) is 5.69 Å². The first kappa shape index (κ1) is 21.8. The van der Waals surface area contributed by atoms with Crippen LogP contribution >= 0.6 is 11.6 Å². The second-order valence-electron chi connectivity index (χ2n) is 6.46. The Balaban J connectivity index is 1.87. The summed E-state index contributed by atoms with van der Waals surface area (Å²) in [7, 11) is -2.42. The zero-order valence-corrected chi connectivity index (χ0v) is 17.9. The van der Waals surface area contributed by atoms with Crippen molar-refractivity contribution in [2.24, 2.45) is 0 Å². The number of nitrogens with zero attached hydrogens (tertiary/aromatic N) is 1. The maximum absolute atomic E-state index is 13.2. The van der Waals surface area contributed by atoms with E-state index in [9.17, 15) is 13.2 Å². The molecule has 0 saturated carbocycles. The summed E-state index contributed by atoms with van der Waals surface area (Å²) in [5, 5.41) is 3.11. The molecule has 3 aromatic rings. The highest BCUT2D eigenvalue weighted by atomic mass is 35.5. The Morgan fingerprint density at radius 1 is 1.00 bits per heavy atom. The number of carbonyl (C=O) groups excluding carboxylic acids is 1. The minimum Gasteiger partial charge on any atom is -0.495 e. The number of sulfonamides is 1. The van der Waals surface area contributed by atoms with Crippen LogP contribution in [0.1, 0.15) is 5.56 Å². The summed E-state index contributed by atoms with van der Waals surface area (Å²) in [5.74, 6) is -0.0840. The molecule has 0 aliphatic heterocycles. The zero-order chi connectivity index (χ0) is 21.6. The molecule has 0 atom stereocenters. The molecule has 0 saturated heterocycles. The van der Waals surface area contributed by atoms with E-state index in [2.05, 4.69) is 5.32 Å². The molecule has 0 aliphatic rings. The average molecular weight is 445 g/mol. The fraction of sp³-hybridized carbons (Fsp3) is 0.136. The fourth-order valence-electron chi connectivity index (χ4n) is 2.88. The Labute approximate surface area is 181 Å². The molecular weight excluding hydrogens is 424 g/mol. The van der Waals surface area contributed by atoms with Gasteiger partial charge in [-0.2, -0.15) is 4.31 Å². The minimum atomic E-state index is -3.90. The van der Waals surface area contributed by atoms with Crippen molar-refractivity contribution in [1.82, 2.24) is 4.31 Å². The van der Waals surface area contributed by atoms with E-state index < -0.39 is 15.9 Å². The lowest BCUT2D eigenvalue weighted by atomic mass is 10.2. The Hall–Kier alpha value is -2.87. The molecule has 0 spiro atoms. The van der Waals surface area contributed by atoms with E-state index in [1.807, 2.05) is 30.3 Å². The molecule has 0 aromatic heterocycles. The predicted molar refractivity (Wildman–Crippen MR) is 117 cm³/mol. The fourth-order valence-corrected chi connectivity index (χ4v) is 4.46. The molecule has 3 aromatic carbocycles. The number of rotatable bonds is 8. The van der Waals surface area contributed by atoms with Crippen LogP contribution in [0.2, 0.25) is 5.02 Å². The first-order valence-electron chi connectivity index (χ1n) is 9.12. The van der Waals surface area contributed by atoms with Gasteiger partial charge in [0.15, 0.2) is 0 Å². The highest BCUT2D eigenvalue weighted by Gasteiger charge is 2.27. The lowest BCUT2D eigenvalue weighted by molar-refractivity contribution is -0.116. The Kier molecular flexibility index (Phi) is 7.10. The molecule has 156 valence electrons. The normalized spacial score (nSPS) is 11.3. The van der Waals surface area contributed by atoms with Gasteiger partial charge < -0.3 is 10.1 Å². The van der Waals surface area contributed by atoms with Crippen LogP contribution in [0, 0.1) is 0 Å². The topological polar surface area (TPSA) is 75.7 Å². The first-order chi connectivity index (χ1) is 14.4. The number of amides is 1. The van der Waals surface area contributed by atoms with E-state index in [0.717, 1.165) is 9.87 Å². The van der Waals surface area contributed by atoms with E-state index in [-0.39, 0.29) is 18.0 Å². The van der Waals surface area contributed by atoms with Crippen molar-refractivity contribution < 1.29 is 17.9 Å². The summed E-state index contributed by atoms with van der Waals surface area (Å²) >= 11 is 6.01. The number of nitrogens with one attached hydrogen (secondary N) is 1. The minimum absolute atomic E-state index is 0.0537. The van der Waals surface area contributed by atoms with Gasteiger partial charge in [-0.05, 0) is 35.9 Å². The molecule has 0 bridgehead atoms. The summed E-state index contributed by atoms with van der Waals surface area (Å²) < 4.78 is 32.8. The van der Waals surface area contributed by atoms with Crippen LogP contribution in [-0.4, -0.2) is 32.3 Å². The van der Waals surface area contributed by atoms with E-state index >= 15 is 0 Å². The van der Waals surface area contributed by atoms with Crippen molar-refractivity contribution in [3.05, 3.63) is 89.4 Å². The number of hydrogen-bond acceptors (Lipinski definition) is 4. The molecule has 0 fully saturated rings. The lowest BCUT2D eigenvalue weighted by Crippen LogP contribution is -2.37. The van der Waals surface area contributed by atoms with Gasteiger partial charge in [0.05, 0.1) is 24.2 Å². The van der Waals surface area contributed by atoms with Gasteiger partial charge in [-0.1, -0.05) is 60.1 Å². The highest BCUT2D eigenvalue weighted by Crippen LogP contribution is 2.28. The van der Waals surface area contributed by atoms with Crippen LogP contribution in [0.25, 0.3) is 0 Å². The van der Waals surface area contributed by atoms with Gasteiger partial charge in [-0.3, -0.25) is 4.79 Å². The summed E-state index contributed by atoms with van der Waals surface area (Å²) in [6.45, 7) is -0.319. The van der Waals surface area contributed by atoms with Crippen molar-refractivity contribution in [3.63, 3.8) is 0 Å². The number of anilines is 1. The summed E-state index contributed by atoms with van der Waals surface area (Å²) in [5.41, 5.74) is 1.14. The summed E-state index contributed by atoms with van der Waals surface area (Å²) in [6, 6.07) is 21.9. The smallest absolute Gasteiger partial charge is 0.243 e. The number of benzene rings is 3. The van der Waals surface area contributed by atoms with E-state index in [0.29, 0.717) is 16.5 Å². The van der Waals surface area contributed by atoms with Crippen molar-refractivity contribution in [2.75, 3.05) is 19.0 Å². The number of hydrogen-bond donors (Lipinski definition) is 1. The van der Waals surface area contributed by atoms with Crippen LogP contribution in [0.3, 0.4) is 0 Å². The van der Waals surface area contributed by atoms with Gasteiger partial charge in [0.1, 0.15) is 5.75 Å². The molecule has 1 N–H and O–H groups in total. The van der Waals surface area contributed by atoms with Crippen molar-refractivity contribution >= 4 is 33.2 Å². The van der Waals surface area contributed by atoms with E-state index in [1.54, 1.807) is 36.4 Å². The maximum atomic E-state index is 13.2. The Morgan fingerprint density at radius 3 is 2.27 bits per heavy atom. The lowest BCUT2D eigenvalue weighted by Gasteiger charge is -2.22. The molecule has 0 heterocycles. The first-order valence-corrected chi connectivity index (χ1v) is 10.9. The van der Waals surface area contributed by atoms with Crippen molar-refractivity contribution in [2.45, 2.75) is 11.4 Å². The van der Waals surface area contributed by atoms with Gasteiger partial charge in [0.25, 0.3) is 0 Å². The summed E-state index contributed by atoms with van der Waals surface area (Å²) in [6.07, 6.45) is 0. The van der Waals surface area contributed by atoms with Crippen LogP contribution < -0.4 is 10.1 Å². The number of halogens is 1. The maximum Gasteiger partial charge on any atom is 0.243 e. The van der Waals surface area contributed by atoms with Gasteiger partial charge in [0, 0.05) is 11.6 Å². The van der Waals surface area contributed by atoms with Crippen molar-refractivity contribution in [3.8, 4) is 5.75 Å². The molecular formula is C22H21ClN2O4S. The van der Waals surface area contributed by atoms with Gasteiger partial charge in [0.2, 0.25) is 15.9 Å². The molecule has 0 unspecified atom stereocenters. The van der Waals surface area contributed by atoms with Crippen LogP contribution in [-0.2, 0) is 21.4 Å². The molecule has 3 rings (SSSR count). The average Bonchev–Trinajstić information content (AvgIpc) is 2.75. The molecule has 0 radical (unpaired) electrons. The zero-order valence-electron chi connectivity index (χ0n) is 16.3. The second-order valence-corrected chi connectivity index (χ2v) is 8.84. The van der Waals surface area contributed by atoms with E-state index in [4.69, 9.17) is 16.3 Å². The van der Waals surface area contributed by atoms with Crippen LogP contribution in [0.5, 0.6) is 5.75 Å². The second kappa shape index (κ2) is 9.75. The number of ether oxygens (including phenoxy) is 1. The third kappa shape index (κ3) is 5.38. The molecule has 0 aliphatic carbocycles. The largest absolute Gasteiger partial charge is 0.495 e. The third-order valence-electron chi connectivity index (χ3n) is 4.34. The quantitative estimate of drug-likeness (QED) is 0.565. The third-order valence-corrected chi connectivity index (χ3v) is 6.38. The Morgan fingerprint density at radius 2 is 1.63 bits per heavy atom. The summed E-state index contributed by atoms with van der Waals surface area (Å²) in [4.78, 5) is 12.9. The van der Waals surface area contributed by atoms with E-state index in [1.165, 1.54) is 19.2 Å². The Bertz CT molecular complexity index is 1110. The number of carbonyl (C=O) groups is 1. The number of methoxy groups -OCH3 is 1.